The van der Waals surface area contributed by atoms with Crippen molar-refractivity contribution in [1.82, 2.24) is 4.31 Å². The molecule has 5 rings (SSSR count). The minimum absolute atomic E-state index is 0.264. The summed E-state index contributed by atoms with van der Waals surface area (Å²) >= 11 is 0. The summed E-state index contributed by atoms with van der Waals surface area (Å²) in [5.74, 6) is 0. The zero-order valence-electron chi connectivity index (χ0n) is 18.5. The zero-order valence-corrected chi connectivity index (χ0v) is 20.1. The molecule has 0 radical (unpaired) electrons. The monoisotopic (exact) mass is 481 g/mol. The van der Waals surface area contributed by atoms with Crippen molar-refractivity contribution in [1.29, 1.82) is 0 Å². The van der Waals surface area contributed by atoms with E-state index in [1.54, 1.807) is 46.8 Å². The Morgan fingerprint density at radius 2 is 1.18 bits per heavy atom. The number of piperidine rings is 1. The highest BCUT2D eigenvalue weighted by molar-refractivity contribution is 7.92. The lowest BCUT2D eigenvalue weighted by Crippen LogP contribution is -2.49. The molecule has 0 N–H and O–H groups in total. The van der Waals surface area contributed by atoms with Crippen molar-refractivity contribution < 1.29 is 16.8 Å². The number of aryl methyl sites for hydroxylation is 1. The van der Waals surface area contributed by atoms with Gasteiger partial charge in [0.05, 0.1) is 15.0 Å². The second-order valence-corrected chi connectivity index (χ2v) is 13.1. The molecule has 2 fully saturated rings. The molecular formula is C26H27NO4S2. The Labute approximate surface area is 196 Å². The first-order valence-electron chi connectivity index (χ1n) is 11.3. The molecule has 0 saturated carbocycles. The number of benzene rings is 3. The van der Waals surface area contributed by atoms with E-state index < -0.39 is 25.1 Å². The molecule has 2 aliphatic heterocycles. The predicted molar refractivity (Wildman–Crippen MR) is 129 cm³/mol. The highest BCUT2D eigenvalue weighted by Gasteiger charge is 2.50. The van der Waals surface area contributed by atoms with Crippen molar-refractivity contribution in [3.8, 4) is 11.1 Å². The normalized spacial score (nSPS) is 23.5. The van der Waals surface area contributed by atoms with Crippen molar-refractivity contribution in [2.75, 3.05) is 0 Å². The number of rotatable bonds is 5. The van der Waals surface area contributed by atoms with Crippen LogP contribution in [-0.2, 0) is 19.9 Å². The third-order valence-corrected chi connectivity index (χ3v) is 11.2. The van der Waals surface area contributed by atoms with Gasteiger partial charge < -0.3 is 0 Å². The van der Waals surface area contributed by atoms with E-state index in [9.17, 15) is 16.8 Å². The van der Waals surface area contributed by atoms with Gasteiger partial charge >= 0.3 is 0 Å². The molecule has 2 saturated heterocycles. The third kappa shape index (κ3) is 4.03. The minimum Gasteiger partial charge on any atom is -0.223 e. The van der Waals surface area contributed by atoms with Crippen LogP contribution in [0.25, 0.3) is 11.1 Å². The van der Waals surface area contributed by atoms with Crippen LogP contribution in [0.2, 0.25) is 0 Å². The van der Waals surface area contributed by atoms with Gasteiger partial charge in [0.1, 0.15) is 0 Å². The predicted octanol–water partition coefficient (Wildman–Crippen LogP) is 4.82. The SMILES string of the molecule is Cc1ccc(-c2ccc(S(=O)(=O)N3C4CCC3CC(S(=O)(=O)c3ccccc3)C4)cc2)cc1. The van der Waals surface area contributed by atoms with E-state index in [1.807, 2.05) is 43.3 Å². The van der Waals surface area contributed by atoms with Crippen LogP contribution in [0.15, 0.2) is 88.7 Å². The third-order valence-electron chi connectivity index (χ3n) is 6.95. The number of sulfonamides is 1. The number of hydrogen-bond donors (Lipinski definition) is 0. The van der Waals surface area contributed by atoms with E-state index in [0.717, 1.165) is 11.1 Å². The van der Waals surface area contributed by atoms with Gasteiger partial charge in [0.15, 0.2) is 9.84 Å². The fourth-order valence-corrected chi connectivity index (χ4v) is 8.98. The van der Waals surface area contributed by atoms with Gasteiger partial charge in [-0.2, -0.15) is 4.31 Å². The van der Waals surface area contributed by atoms with Gasteiger partial charge in [0, 0.05) is 12.1 Å². The van der Waals surface area contributed by atoms with Crippen LogP contribution in [-0.4, -0.2) is 38.5 Å². The zero-order chi connectivity index (χ0) is 23.2. The van der Waals surface area contributed by atoms with Gasteiger partial charge in [-0.05, 0) is 68.0 Å². The quantitative estimate of drug-likeness (QED) is 0.524. The maximum absolute atomic E-state index is 13.5. The summed E-state index contributed by atoms with van der Waals surface area (Å²) in [5.41, 5.74) is 3.17. The summed E-state index contributed by atoms with van der Waals surface area (Å²) in [7, 11) is -7.18. The van der Waals surface area contributed by atoms with Crippen molar-refractivity contribution in [3.63, 3.8) is 0 Å². The Morgan fingerprint density at radius 1 is 0.667 bits per heavy atom. The topological polar surface area (TPSA) is 71.5 Å². The summed E-state index contributed by atoms with van der Waals surface area (Å²) in [6.07, 6.45) is 2.08. The fourth-order valence-electron chi connectivity index (χ4n) is 5.22. The fraction of sp³-hybridized carbons (Fsp3) is 0.308. The number of fused-ring (bicyclic) bond motifs is 2. The number of hydrogen-bond acceptors (Lipinski definition) is 4. The Kier molecular flexibility index (Phi) is 5.67. The second kappa shape index (κ2) is 8.38. The largest absolute Gasteiger partial charge is 0.243 e. The smallest absolute Gasteiger partial charge is 0.223 e. The molecule has 2 unspecified atom stereocenters. The standard InChI is InChI=1S/C26H27NO4S2/c1-19-7-9-20(10-8-19)21-11-15-25(16-12-21)33(30,31)27-22-13-14-23(27)18-26(17-22)32(28,29)24-5-3-2-4-6-24/h2-12,15-16,22-23,26H,13-14,17-18H2,1H3. The Hall–Kier alpha value is -2.48. The van der Waals surface area contributed by atoms with Crippen molar-refractivity contribution in [2.45, 2.75) is 59.7 Å². The molecule has 0 aliphatic carbocycles. The van der Waals surface area contributed by atoms with Crippen LogP contribution in [0, 0.1) is 6.92 Å². The van der Waals surface area contributed by atoms with E-state index in [0.29, 0.717) is 30.6 Å². The van der Waals surface area contributed by atoms with Crippen LogP contribution in [0.5, 0.6) is 0 Å². The van der Waals surface area contributed by atoms with Crippen LogP contribution in [0.4, 0.5) is 0 Å². The van der Waals surface area contributed by atoms with Crippen molar-refractivity contribution in [3.05, 3.63) is 84.4 Å². The second-order valence-electron chi connectivity index (χ2n) is 9.06. The van der Waals surface area contributed by atoms with Gasteiger partial charge in [0.25, 0.3) is 0 Å². The molecule has 0 aromatic heterocycles. The lowest BCUT2D eigenvalue weighted by molar-refractivity contribution is 0.249. The van der Waals surface area contributed by atoms with E-state index in [2.05, 4.69) is 0 Å². The average Bonchev–Trinajstić information content (AvgIpc) is 3.11. The van der Waals surface area contributed by atoms with E-state index in [-0.39, 0.29) is 17.0 Å². The van der Waals surface area contributed by atoms with Gasteiger partial charge in [0.2, 0.25) is 10.0 Å². The van der Waals surface area contributed by atoms with Crippen LogP contribution in [0.3, 0.4) is 0 Å². The van der Waals surface area contributed by atoms with Gasteiger partial charge in [-0.15, -0.1) is 0 Å². The Morgan fingerprint density at radius 3 is 1.73 bits per heavy atom. The molecular weight excluding hydrogens is 454 g/mol. The number of nitrogens with zero attached hydrogens (tertiary/aromatic N) is 1. The van der Waals surface area contributed by atoms with E-state index >= 15 is 0 Å². The van der Waals surface area contributed by atoms with Crippen LogP contribution in [0.1, 0.15) is 31.2 Å². The average molecular weight is 482 g/mol. The Balaban J connectivity index is 1.38. The van der Waals surface area contributed by atoms with Crippen molar-refractivity contribution in [2.24, 2.45) is 0 Å². The Bertz CT molecular complexity index is 1340. The maximum atomic E-state index is 13.5. The van der Waals surface area contributed by atoms with E-state index in [4.69, 9.17) is 0 Å². The van der Waals surface area contributed by atoms with Crippen LogP contribution < -0.4 is 0 Å². The molecule has 0 amide bonds. The molecule has 5 nitrogen and oxygen atoms in total. The first kappa shape index (κ1) is 22.3. The highest BCUT2D eigenvalue weighted by Crippen LogP contribution is 2.43. The summed E-state index contributed by atoms with van der Waals surface area (Å²) in [6.45, 7) is 2.03. The van der Waals surface area contributed by atoms with Gasteiger partial charge in [-0.3, -0.25) is 0 Å². The molecule has 2 atom stereocenters. The molecule has 3 aromatic carbocycles. The first-order chi connectivity index (χ1) is 15.8. The first-order valence-corrected chi connectivity index (χ1v) is 14.2. The van der Waals surface area contributed by atoms with Gasteiger partial charge in [-0.1, -0.05) is 60.2 Å². The molecule has 2 bridgehead atoms. The molecule has 2 aliphatic rings. The summed E-state index contributed by atoms with van der Waals surface area (Å²) in [6, 6.07) is 23.0. The molecule has 33 heavy (non-hydrogen) atoms. The maximum Gasteiger partial charge on any atom is 0.243 e. The molecule has 2 heterocycles. The summed E-state index contributed by atoms with van der Waals surface area (Å²) in [5, 5.41) is -0.548. The molecule has 172 valence electrons. The highest BCUT2D eigenvalue weighted by atomic mass is 32.2. The molecule has 7 heteroatoms. The minimum atomic E-state index is -3.70. The summed E-state index contributed by atoms with van der Waals surface area (Å²) in [4.78, 5) is 0.581. The van der Waals surface area contributed by atoms with Crippen LogP contribution >= 0.6 is 0 Å². The number of sulfone groups is 1. The van der Waals surface area contributed by atoms with Crippen molar-refractivity contribution >= 4 is 19.9 Å². The van der Waals surface area contributed by atoms with E-state index in [1.165, 1.54) is 5.56 Å². The van der Waals surface area contributed by atoms with Gasteiger partial charge in [-0.25, -0.2) is 16.8 Å². The summed E-state index contributed by atoms with van der Waals surface area (Å²) < 4.78 is 55.0. The molecule has 0 spiro atoms. The molecule has 3 aromatic rings. The lowest BCUT2D eigenvalue weighted by Gasteiger charge is -2.37. The lowest BCUT2D eigenvalue weighted by atomic mass is 10.0.